The summed E-state index contributed by atoms with van der Waals surface area (Å²) in [5.41, 5.74) is 3.97. The van der Waals surface area contributed by atoms with Gasteiger partial charge in [0.25, 0.3) is 5.91 Å². The second-order valence-corrected chi connectivity index (χ2v) is 6.60. The molecule has 0 radical (unpaired) electrons. The molecule has 1 saturated heterocycles. The lowest BCUT2D eigenvalue weighted by Gasteiger charge is -2.05. The molecule has 122 valence electrons. The lowest BCUT2D eigenvalue weighted by atomic mass is 10.1. The number of rotatable bonds is 3. The van der Waals surface area contributed by atoms with E-state index in [-0.39, 0.29) is 5.91 Å². The molecule has 0 aromatic heterocycles. The molecule has 24 heavy (non-hydrogen) atoms. The normalized spacial score (nSPS) is 17.4. The number of hydrogen-bond donors (Lipinski definition) is 1. The highest BCUT2D eigenvalue weighted by molar-refractivity contribution is 8.18. The maximum atomic E-state index is 12.2. The molecule has 1 aliphatic rings. The van der Waals surface area contributed by atoms with Crippen LogP contribution in [-0.2, 0) is 4.79 Å². The van der Waals surface area contributed by atoms with Gasteiger partial charge in [0.05, 0.1) is 12.0 Å². The van der Waals surface area contributed by atoms with Crippen LogP contribution in [0.1, 0.15) is 16.7 Å². The van der Waals surface area contributed by atoms with Crippen molar-refractivity contribution < 1.29 is 9.53 Å². The van der Waals surface area contributed by atoms with E-state index in [1.807, 2.05) is 62.4 Å². The Bertz CT molecular complexity index is 839. The second-order valence-electron chi connectivity index (χ2n) is 5.57. The number of nitrogens with zero attached hydrogens (tertiary/aromatic N) is 1. The molecule has 3 rings (SSSR count). The van der Waals surface area contributed by atoms with Crippen molar-refractivity contribution in [1.29, 1.82) is 0 Å². The van der Waals surface area contributed by atoms with Crippen LogP contribution in [0.5, 0.6) is 5.75 Å². The summed E-state index contributed by atoms with van der Waals surface area (Å²) in [6, 6.07) is 13.8. The Kier molecular flexibility index (Phi) is 4.71. The quantitative estimate of drug-likeness (QED) is 0.853. The average molecular weight is 338 g/mol. The van der Waals surface area contributed by atoms with Crippen molar-refractivity contribution in [3.05, 3.63) is 64.1 Å². The van der Waals surface area contributed by atoms with Gasteiger partial charge in [-0.15, -0.1) is 0 Å². The highest BCUT2D eigenvalue weighted by atomic mass is 32.2. The molecular formula is C19H18N2O2S. The fourth-order valence-corrected chi connectivity index (χ4v) is 3.13. The van der Waals surface area contributed by atoms with Crippen LogP contribution in [0.3, 0.4) is 0 Å². The van der Waals surface area contributed by atoms with Crippen LogP contribution >= 0.6 is 11.8 Å². The van der Waals surface area contributed by atoms with Crippen molar-refractivity contribution >= 4 is 34.6 Å². The molecule has 2 aromatic carbocycles. The Balaban J connectivity index is 1.87. The number of methoxy groups -OCH3 is 1. The second kappa shape index (κ2) is 6.93. The van der Waals surface area contributed by atoms with E-state index in [9.17, 15) is 4.79 Å². The summed E-state index contributed by atoms with van der Waals surface area (Å²) in [5, 5.41) is 3.36. The number of amidine groups is 1. The molecular weight excluding hydrogens is 320 g/mol. The number of aryl methyl sites for hydroxylation is 2. The highest BCUT2D eigenvalue weighted by Crippen LogP contribution is 2.32. The fourth-order valence-electron chi connectivity index (χ4n) is 2.29. The minimum Gasteiger partial charge on any atom is -0.494 e. The minimum absolute atomic E-state index is 0.133. The summed E-state index contributed by atoms with van der Waals surface area (Å²) in [7, 11) is 1.61. The highest BCUT2D eigenvalue weighted by Gasteiger charge is 2.24. The Hall–Kier alpha value is -2.53. The predicted octanol–water partition coefficient (Wildman–Crippen LogP) is 4.20. The van der Waals surface area contributed by atoms with Crippen LogP contribution in [0.15, 0.2) is 52.4 Å². The van der Waals surface area contributed by atoms with Crippen molar-refractivity contribution in [3.63, 3.8) is 0 Å². The van der Waals surface area contributed by atoms with Crippen molar-refractivity contribution in [2.24, 2.45) is 4.99 Å². The summed E-state index contributed by atoms with van der Waals surface area (Å²) in [4.78, 5) is 17.3. The number of carbonyl (C=O) groups excluding carboxylic acids is 1. The molecule has 4 nitrogen and oxygen atoms in total. The van der Waals surface area contributed by atoms with E-state index in [4.69, 9.17) is 4.74 Å². The van der Waals surface area contributed by atoms with Gasteiger partial charge in [0.2, 0.25) is 0 Å². The van der Waals surface area contributed by atoms with E-state index in [2.05, 4.69) is 10.3 Å². The molecule has 5 heteroatoms. The van der Waals surface area contributed by atoms with Crippen LogP contribution in [0.2, 0.25) is 0 Å². The third kappa shape index (κ3) is 3.68. The van der Waals surface area contributed by atoms with E-state index < -0.39 is 0 Å². The van der Waals surface area contributed by atoms with Gasteiger partial charge in [-0.3, -0.25) is 4.79 Å². The zero-order chi connectivity index (χ0) is 17.1. The number of nitrogens with one attached hydrogen (secondary N) is 1. The Morgan fingerprint density at radius 3 is 2.50 bits per heavy atom. The molecule has 0 bridgehead atoms. The number of aliphatic imine (C=N–C) groups is 1. The van der Waals surface area contributed by atoms with Crippen LogP contribution in [0, 0.1) is 13.8 Å². The lowest BCUT2D eigenvalue weighted by Crippen LogP contribution is -2.19. The fraction of sp³-hybridized carbons (Fsp3) is 0.158. The van der Waals surface area contributed by atoms with Gasteiger partial charge in [0.15, 0.2) is 5.17 Å². The number of hydrogen-bond acceptors (Lipinski definition) is 4. The van der Waals surface area contributed by atoms with E-state index in [0.717, 1.165) is 11.1 Å². The molecule has 0 spiro atoms. The van der Waals surface area contributed by atoms with Gasteiger partial charge >= 0.3 is 0 Å². The third-order valence-electron chi connectivity index (χ3n) is 3.58. The first-order valence-electron chi connectivity index (χ1n) is 7.56. The van der Waals surface area contributed by atoms with Crippen molar-refractivity contribution in [2.75, 3.05) is 7.11 Å². The number of ether oxygens (including phenoxy) is 1. The Labute approximate surface area is 145 Å². The smallest absolute Gasteiger partial charge is 0.264 e. The average Bonchev–Trinajstić information content (AvgIpc) is 2.89. The zero-order valence-corrected chi connectivity index (χ0v) is 14.6. The van der Waals surface area contributed by atoms with Gasteiger partial charge in [-0.05, 0) is 54.9 Å². The van der Waals surface area contributed by atoms with Crippen LogP contribution in [0.4, 0.5) is 5.69 Å². The molecule has 1 N–H and O–H groups in total. The topological polar surface area (TPSA) is 50.7 Å². The molecule has 2 aromatic rings. The number of amides is 1. The monoisotopic (exact) mass is 338 g/mol. The van der Waals surface area contributed by atoms with E-state index >= 15 is 0 Å². The van der Waals surface area contributed by atoms with E-state index in [0.29, 0.717) is 21.5 Å². The van der Waals surface area contributed by atoms with Gasteiger partial charge < -0.3 is 10.1 Å². The largest absolute Gasteiger partial charge is 0.494 e. The molecule has 0 unspecified atom stereocenters. The van der Waals surface area contributed by atoms with E-state index in [1.165, 1.54) is 17.3 Å². The van der Waals surface area contributed by atoms with Gasteiger partial charge in [-0.2, -0.15) is 0 Å². The van der Waals surface area contributed by atoms with Crippen molar-refractivity contribution in [1.82, 2.24) is 5.32 Å². The molecule has 1 heterocycles. The number of thioether (sulfide) groups is 1. The first-order chi connectivity index (χ1) is 11.5. The predicted molar refractivity (Wildman–Crippen MR) is 99.7 cm³/mol. The summed E-state index contributed by atoms with van der Waals surface area (Å²) < 4.78 is 5.33. The summed E-state index contributed by atoms with van der Waals surface area (Å²) >= 11 is 1.33. The number of carbonyl (C=O) groups is 1. The van der Waals surface area contributed by atoms with Gasteiger partial charge in [0, 0.05) is 0 Å². The first kappa shape index (κ1) is 16.3. The Morgan fingerprint density at radius 1 is 1.08 bits per heavy atom. The summed E-state index contributed by atoms with van der Waals surface area (Å²) in [6.07, 6.45) is 1.87. The standard InChI is InChI=1S/C19H18N2O2S/c1-12-4-7-14(8-5-12)11-17-18(22)21-19(24-17)20-15-10-13(2)6-9-16(15)23-3/h4-11H,1-3H3,(H,20,21,22)/b17-11-. The molecule has 0 saturated carbocycles. The van der Waals surface area contributed by atoms with Gasteiger partial charge in [0.1, 0.15) is 11.4 Å². The van der Waals surface area contributed by atoms with Crippen LogP contribution in [0.25, 0.3) is 6.08 Å². The maximum absolute atomic E-state index is 12.2. The number of benzene rings is 2. The minimum atomic E-state index is -0.133. The molecule has 0 atom stereocenters. The van der Waals surface area contributed by atoms with Crippen molar-refractivity contribution in [3.8, 4) is 5.75 Å². The first-order valence-corrected chi connectivity index (χ1v) is 8.38. The van der Waals surface area contributed by atoms with E-state index in [1.54, 1.807) is 7.11 Å². The van der Waals surface area contributed by atoms with Crippen molar-refractivity contribution in [2.45, 2.75) is 13.8 Å². The molecule has 1 amide bonds. The molecule has 1 fully saturated rings. The lowest BCUT2D eigenvalue weighted by molar-refractivity contribution is -0.115. The summed E-state index contributed by atoms with van der Waals surface area (Å²) in [5.74, 6) is 0.546. The third-order valence-corrected chi connectivity index (χ3v) is 4.49. The zero-order valence-electron chi connectivity index (χ0n) is 13.8. The SMILES string of the molecule is COc1ccc(C)cc1N=C1NC(=O)/C(=C/c2ccc(C)cc2)S1. The Morgan fingerprint density at radius 2 is 1.79 bits per heavy atom. The molecule has 0 aliphatic carbocycles. The summed E-state index contributed by atoms with van der Waals surface area (Å²) in [6.45, 7) is 4.03. The maximum Gasteiger partial charge on any atom is 0.264 e. The van der Waals surface area contributed by atoms with Crippen LogP contribution in [-0.4, -0.2) is 18.2 Å². The van der Waals surface area contributed by atoms with Gasteiger partial charge in [-0.1, -0.05) is 35.9 Å². The van der Waals surface area contributed by atoms with Crippen LogP contribution < -0.4 is 10.1 Å². The molecule has 1 aliphatic heterocycles. The van der Waals surface area contributed by atoms with Gasteiger partial charge in [-0.25, -0.2) is 4.99 Å².